The summed E-state index contributed by atoms with van der Waals surface area (Å²) in [4.78, 5) is 12.4. The fourth-order valence-electron chi connectivity index (χ4n) is 2.01. The number of halogens is 1. The zero-order valence-electron chi connectivity index (χ0n) is 11.7. The van der Waals surface area contributed by atoms with E-state index in [1.54, 1.807) is 11.3 Å². The van der Waals surface area contributed by atoms with E-state index in [-0.39, 0.29) is 11.9 Å². The molecule has 2 N–H and O–H groups in total. The topological polar surface area (TPSA) is 41.1 Å². The maximum Gasteiger partial charge on any atom is 0.221 e. The first-order valence-corrected chi connectivity index (χ1v) is 8.02. The molecule has 1 aromatic carbocycles. The Bertz CT molecular complexity index is 624. The average Bonchev–Trinajstić information content (AvgIpc) is 2.78. The van der Waals surface area contributed by atoms with Crippen LogP contribution in [0.4, 0.5) is 11.4 Å². The van der Waals surface area contributed by atoms with Gasteiger partial charge >= 0.3 is 0 Å². The van der Waals surface area contributed by atoms with Crippen molar-refractivity contribution >= 4 is 44.5 Å². The number of nitrogens with one attached hydrogen (secondary N) is 2. The molecule has 0 fully saturated rings. The van der Waals surface area contributed by atoms with Crippen LogP contribution in [0.25, 0.3) is 0 Å². The lowest BCUT2D eigenvalue weighted by Crippen LogP contribution is -2.08. The van der Waals surface area contributed by atoms with Gasteiger partial charge in [0, 0.05) is 27.6 Å². The van der Waals surface area contributed by atoms with Gasteiger partial charge in [-0.25, -0.2) is 0 Å². The van der Waals surface area contributed by atoms with E-state index in [2.05, 4.69) is 44.9 Å². The number of hydrogen-bond acceptors (Lipinski definition) is 3. The summed E-state index contributed by atoms with van der Waals surface area (Å²) < 4.78 is 1.13. The number of thiophene rings is 1. The van der Waals surface area contributed by atoms with E-state index >= 15 is 0 Å². The predicted molar refractivity (Wildman–Crippen MR) is 89.5 cm³/mol. The quantitative estimate of drug-likeness (QED) is 0.817. The van der Waals surface area contributed by atoms with Gasteiger partial charge in [-0.3, -0.25) is 4.79 Å². The summed E-state index contributed by atoms with van der Waals surface area (Å²) in [6.45, 7) is 5.64. The molecule has 106 valence electrons. The van der Waals surface area contributed by atoms with Crippen LogP contribution in [0, 0.1) is 6.92 Å². The Morgan fingerprint density at radius 3 is 2.65 bits per heavy atom. The number of hydrogen-bond donors (Lipinski definition) is 2. The first kappa shape index (κ1) is 15.1. The Kier molecular flexibility index (Phi) is 4.83. The molecule has 1 heterocycles. The van der Waals surface area contributed by atoms with Crippen LogP contribution in [0.15, 0.2) is 34.1 Å². The first-order valence-electron chi connectivity index (χ1n) is 6.35. The SMILES string of the molecule is CC(=O)Nc1ccc(NC(C)c2sccc2Br)cc1C. The molecular weight excluding hydrogens is 336 g/mol. The summed E-state index contributed by atoms with van der Waals surface area (Å²) in [5, 5.41) is 8.36. The highest BCUT2D eigenvalue weighted by Gasteiger charge is 2.11. The largest absolute Gasteiger partial charge is 0.378 e. The summed E-state index contributed by atoms with van der Waals surface area (Å²) in [6, 6.07) is 8.24. The van der Waals surface area contributed by atoms with Gasteiger partial charge in [0.25, 0.3) is 0 Å². The molecule has 0 radical (unpaired) electrons. The standard InChI is InChI=1S/C15H17BrN2OS/c1-9-8-12(4-5-14(9)18-11(3)19)17-10(2)15-13(16)6-7-20-15/h4-8,10,17H,1-3H3,(H,18,19). The van der Waals surface area contributed by atoms with E-state index in [0.717, 1.165) is 21.4 Å². The summed E-state index contributed by atoms with van der Waals surface area (Å²) in [6.07, 6.45) is 0. The highest BCUT2D eigenvalue weighted by molar-refractivity contribution is 9.10. The van der Waals surface area contributed by atoms with E-state index in [4.69, 9.17) is 0 Å². The van der Waals surface area contributed by atoms with E-state index in [9.17, 15) is 4.79 Å². The van der Waals surface area contributed by atoms with E-state index in [0.29, 0.717) is 0 Å². The fraction of sp³-hybridized carbons (Fsp3) is 0.267. The third-order valence-corrected chi connectivity index (χ3v) is 5.01. The Morgan fingerprint density at radius 1 is 1.35 bits per heavy atom. The van der Waals surface area contributed by atoms with Crippen LogP contribution in [0.2, 0.25) is 0 Å². The highest BCUT2D eigenvalue weighted by Crippen LogP contribution is 2.31. The van der Waals surface area contributed by atoms with Gasteiger partial charge < -0.3 is 10.6 Å². The molecular formula is C15H17BrN2OS. The van der Waals surface area contributed by atoms with Crippen LogP contribution in [0.1, 0.15) is 30.3 Å². The second kappa shape index (κ2) is 6.41. The maximum absolute atomic E-state index is 11.1. The van der Waals surface area contributed by atoms with Crippen LogP contribution < -0.4 is 10.6 Å². The van der Waals surface area contributed by atoms with Crippen molar-refractivity contribution in [1.29, 1.82) is 0 Å². The number of carbonyl (C=O) groups excluding carboxylic acids is 1. The van der Waals surface area contributed by atoms with E-state index in [1.807, 2.05) is 25.1 Å². The second-order valence-corrected chi connectivity index (χ2v) is 6.51. The van der Waals surface area contributed by atoms with Crippen molar-refractivity contribution in [3.8, 4) is 0 Å². The molecule has 1 amide bonds. The lowest BCUT2D eigenvalue weighted by Gasteiger charge is -2.16. The van der Waals surface area contributed by atoms with Crippen LogP contribution in [-0.2, 0) is 4.79 Å². The summed E-state index contributed by atoms with van der Waals surface area (Å²) >= 11 is 5.28. The molecule has 2 rings (SSSR count). The molecule has 3 nitrogen and oxygen atoms in total. The number of aryl methyl sites for hydroxylation is 1. The van der Waals surface area contributed by atoms with Gasteiger partial charge in [0.2, 0.25) is 5.91 Å². The van der Waals surface area contributed by atoms with Crippen LogP contribution in [-0.4, -0.2) is 5.91 Å². The van der Waals surface area contributed by atoms with Crippen molar-refractivity contribution in [3.63, 3.8) is 0 Å². The normalized spacial score (nSPS) is 12.0. The number of amides is 1. The molecule has 0 spiro atoms. The smallest absolute Gasteiger partial charge is 0.221 e. The lowest BCUT2D eigenvalue weighted by molar-refractivity contribution is -0.114. The third-order valence-electron chi connectivity index (χ3n) is 2.96. The molecule has 0 aliphatic carbocycles. The molecule has 0 saturated carbocycles. The molecule has 1 unspecified atom stereocenters. The first-order chi connectivity index (χ1) is 9.47. The zero-order chi connectivity index (χ0) is 14.7. The van der Waals surface area contributed by atoms with Crippen molar-refractivity contribution in [2.45, 2.75) is 26.8 Å². The molecule has 0 aliphatic rings. The van der Waals surface area contributed by atoms with Crippen molar-refractivity contribution in [2.24, 2.45) is 0 Å². The number of anilines is 2. The Labute approximate surface area is 131 Å². The van der Waals surface area contributed by atoms with Crippen LogP contribution in [0.3, 0.4) is 0 Å². The second-order valence-electron chi connectivity index (χ2n) is 4.71. The molecule has 1 atom stereocenters. The molecule has 20 heavy (non-hydrogen) atoms. The van der Waals surface area contributed by atoms with E-state index < -0.39 is 0 Å². The van der Waals surface area contributed by atoms with Gasteiger partial charge in [-0.2, -0.15) is 0 Å². The molecule has 5 heteroatoms. The maximum atomic E-state index is 11.1. The molecule has 0 bridgehead atoms. The Hall–Kier alpha value is -1.33. The van der Waals surface area contributed by atoms with Crippen molar-refractivity contribution in [1.82, 2.24) is 0 Å². The summed E-state index contributed by atoms with van der Waals surface area (Å²) in [5.74, 6) is -0.0512. The summed E-state index contributed by atoms with van der Waals surface area (Å²) in [5.41, 5.74) is 2.94. The molecule has 2 aromatic rings. The minimum absolute atomic E-state index is 0.0512. The number of rotatable bonds is 4. The van der Waals surface area contributed by atoms with E-state index in [1.165, 1.54) is 11.8 Å². The van der Waals surface area contributed by atoms with Crippen molar-refractivity contribution in [2.75, 3.05) is 10.6 Å². The zero-order valence-corrected chi connectivity index (χ0v) is 14.1. The number of benzene rings is 1. The molecule has 0 aliphatic heterocycles. The van der Waals surface area contributed by atoms with Gasteiger partial charge in [-0.15, -0.1) is 11.3 Å². The van der Waals surface area contributed by atoms with Gasteiger partial charge in [0.1, 0.15) is 0 Å². The minimum atomic E-state index is -0.0512. The third kappa shape index (κ3) is 3.61. The highest BCUT2D eigenvalue weighted by atomic mass is 79.9. The van der Waals surface area contributed by atoms with Crippen molar-refractivity contribution < 1.29 is 4.79 Å². The Balaban J connectivity index is 2.12. The average molecular weight is 353 g/mol. The van der Waals surface area contributed by atoms with Gasteiger partial charge in [-0.05, 0) is 65.0 Å². The minimum Gasteiger partial charge on any atom is -0.378 e. The van der Waals surface area contributed by atoms with Gasteiger partial charge in [0.15, 0.2) is 0 Å². The molecule has 1 aromatic heterocycles. The monoisotopic (exact) mass is 352 g/mol. The van der Waals surface area contributed by atoms with Gasteiger partial charge in [0.05, 0.1) is 6.04 Å². The van der Waals surface area contributed by atoms with Crippen LogP contribution >= 0.6 is 27.3 Å². The van der Waals surface area contributed by atoms with Gasteiger partial charge in [-0.1, -0.05) is 0 Å². The Morgan fingerprint density at radius 2 is 2.10 bits per heavy atom. The molecule has 0 saturated heterocycles. The fourth-order valence-corrected chi connectivity index (χ4v) is 3.74. The lowest BCUT2D eigenvalue weighted by atomic mass is 10.1. The summed E-state index contributed by atoms with van der Waals surface area (Å²) in [7, 11) is 0. The van der Waals surface area contributed by atoms with Crippen molar-refractivity contribution in [3.05, 3.63) is 44.6 Å². The van der Waals surface area contributed by atoms with Crippen LogP contribution in [0.5, 0.6) is 0 Å². The number of carbonyl (C=O) groups is 1. The predicted octanol–water partition coefficient (Wildman–Crippen LogP) is 4.95.